The molecule has 1 aliphatic heterocycles. The van der Waals surface area contributed by atoms with Crippen LogP contribution in [0.4, 0.5) is 0 Å². The molecule has 1 aliphatic rings. The molecule has 0 spiro atoms. The number of rotatable bonds is 3. The van der Waals surface area contributed by atoms with Crippen LogP contribution in [0, 0.1) is 13.8 Å². The molecule has 1 aromatic carbocycles. The Bertz CT molecular complexity index is 447. The van der Waals surface area contributed by atoms with Gasteiger partial charge >= 0.3 is 0 Å². The second kappa shape index (κ2) is 5.45. The van der Waals surface area contributed by atoms with Crippen molar-refractivity contribution >= 4 is 16.5 Å². The lowest BCUT2D eigenvalue weighted by Gasteiger charge is -2.27. The van der Waals surface area contributed by atoms with Gasteiger partial charge in [0.15, 0.2) is 0 Å². The Morgan fingerprint density at radius 3 is 2.39 bits per heavy atom. The number of nitrogens with zero attached hydrogens (tertiary/aromatic N) is 1. The molecular formula is C15H23NOS. The van der Waals surface area contributed by atoms with Crippen molar-refractivity contribution in [3.05, 3.63) is 23.3 Å². The number of hydrogen-bond acceptors (Lipinski definition) is 2. The molecule has 100 valence electrons. The van der Waals surface area contributed by atoms with E-state index in [2.05, 4.69) is 43.1 Å². The Morgan fingerprint density at radius 1 is 1.33 bits per heavy atom. The normalized spacial score (nSPS) is 22.1. The average molecular weight is 265 g/mol. The Morgan fingerprint density at radius 2 is 1.94 bits per heavy atom. The zero-order valence-electron chi connectivity index (χ0n) is 11.8. The predicted octanol–water partition coefficient (Wildman–Crippen LogP) is 3.77. The molecule has 0 aliphatic carbocycles. The third-order valence-corrected chi connectivity index (χ3v) is 5.90. The molecule has 0 amide bonds. The molecule has 0 radical (unpaired) electrons. The summed E-state index contributed by atoms with van der Waals surface area (Å²) >= 11 is 0. The van der Waals surface area contributed by atoms with Crippen LogP contribution >= 0.6 is 10.7 Å². The van der Waals surface area contributed by atoms with Gasteiger partial charge < -0.3 is 4.74 Å². The number of aryl methyl sites for hydroxylation is 2. The van der Waals surface area contributed by atoms with E-state index >= 15 is 0 Å². The van der Waals surface area contributed by atoms with Gasteiger partial charge in [-0.2, -0.15) is 0 Å². The van der Waals surface area contributed by atoms with Crippen LogP contribution < -0.4 is 4.74 Å². The molecule has 2 rings (SSSR count). The highest BCUT2D eigenvalue weighted by atomic mass is 32.2. The van der Waals surface area contributed by atoms with Crippen molar-refractivity contribution in [1.29, 1.82) is 0 Å². The van der Waals surface area contributed by atoms with Crippen LogP contribution in [0.1, 0.15) is 30.9 Å². The highest BCUT2D eigenvalue weighted by Gasteiger charge is 2.24. The second-order valence-corrected chi connectivity index (χ2v) is 6.69. The van der Waals surface area contributed by atoms with Gasteiger partial charge in [-0.1, -0.05) is 16.5 Å². The van der Waals surface area contributed by atoms with Gasteiger partial charge in [0.25, 0.3) is 0 Å². The van der Waals surface area contributed by atoms with Gasteiger partial charge in [0.05, 0.1) is 7.11 Å². The number of methoxy groups -OCH3 is 1. The maximum Gasteiger partial charge on any atom is 0.119 e. The predicted molar refractivity (Wildman–Crippen MR) is 80.8 cm³/mol. The molecule has 2 atom stereocenters. The summed E-state index contributed by atoms with van der Waals surface area (Å²) < 4.78 is 7.87. The van der Waals surface area contributed by atoms with Gasteiger partial charge in [-0.05, 0) is 56.9 Å². The average Bonchev–Trinajstić information content (AvgIpc) is 2.74. The van der Waals surface area contributed by atoms with E-state index in [1.54, 1.807) is 7.11 Å². The van der Waals surface area contributed by atoms with Gasteiger partial charge in [-0.3, -0.25) is 0 Å². The van der Waals surface area contributed by atoms with E-state index in [1.807, 2.05) is 0 Å². The van der Waals surface area contributed by atoms with Crippen LogP contribution in [0.25, 0.3) is 0 Å². The fourth-order valence-electron chi connectivity index (χ4n) is 2.75. The molecule has 2 nitrogen and oxygen atoms in total. The van der Waals surface area contributed by atoms with Crippen molar-refractivity contribution in [2.24, 2.45) is 0 Å². The van der Waals surface area contributed by atoms with Gasteiger partial charge in [0, 0.05) is 17.5 Å². The number of ether oxygens (including phenoxy) is 1. The van der Waals surface area contributed by atoms with Crippen LogP contribution in [0.15, 0.2) is 17.0 Å². The second-order valence-electron chi connectivity index (χ2n) is 5.09. The van der Waals surface area contributed by atoms with E-state index in [1.165, 1.54) is 35.4 Å². The fraction of sp³-hybridized carbons (Fsp3) is 0.533. The van der Waals surface area contributed by atoms with E-state index in [0.717, 1.165) is 5.75 Å². The van der Waals surface area contributed by atoms with E-state index in [0.29, 0.717) is 6.04 Å². The summed E-state index contributed by atoms with van der Waals surface area (Å²) in [6.45, 7) is 7.82. The molecule has 18 heavy (non-hydrogen) atoms. The van der Waals surface area contributed by atoms with Crippen LogP contribution in [0.3, 0.4) is 0 Å². The first-order valence-corrected chi connectivity index (χ1v) is 7.85. The number of hydrogen-bond donors (Lipinski definition) is 0. The van der Waals surface area contributed by atoms with Crippen LogP contribution in [0.2, 0.25) is 0 Å². The summed E-state index contributed by atoms with van der Waals surface area (Å²) in [6.07, 6.45) is 2.60. The lowest BCUT2D eigenvalue weighted by Crippen LogP contribution is -2.21. The Kier molecular flexibility index (Phi) is 4.13. The minimum absolute atomic E-state index is 0.0445. The maximum atomic E-state index is 5.33. The monoisotopic (exact) mass is 265 g/mol. The number of benzene rings is 1. The van der Waals surface area contributed by atoms with E-state index in [-0.39, 0.29) is 10.7 Å². The fourth-order valence-corrected chi connectivity index (χ4v) is 4.74. The zero-order chi connectivity index (χ0) is 13.3. The van der Waals surface area contributed by atoms with Crippen molar-refractivity contribution in [3.8, 4) is 5.75 Å². The van der Waals surface area contributed by atoms with Crippen LogP contribution in [-0.4, -0.2) is 29.9 Å². The van der Waals surface area contributed by atoms with Gasteiger partial charge in [-0.25, -0.2) is 4.31 Å². The smallest absolute Gasteiger partial charge is 0.119 e. The maximum absolute atomic E-state index is 5.33. The zero-order valence-corrected chi connectivity index (χ0v) is 12.6. The highest BCUT2D eigenvalue weighted by Crippen LogP contribution is 2.40. The molecule has 1 heterocycles. The molecule has 1 unspecified atom stereocenters. The Balaban J connectivity index is 2.36. The molecule has 0 bridgehead atoms. The van der Waals surface area contributed by atoms with Crippen molar-refractivity contribution < 1.29 is 4.74 Å². The molecule has 0 saturated carbocycles. The summed E-state index contributed by atoms with van der Waals surface area (Å²) in [5.41, 5.74) is 2.59. The van der Waals surface area contributed by atoms with Crippen molar-refractivity contribution in [3.63, 3.8) is 0 Å². The van der Waals surface area contributed by atoms with E-state index < -0.39 is 0 Å². The third kappa shape index (κ3) is 2.47. The summed E-state index contributed by atoms with van der Waals surface area (Å²) in [5.74, 6) is 5.38. The SMILES string of the molecule is C=S(c1c(C)cc(OC)cc1C)N1CCC[C@H]1C. The topological polar surface area (TPSA) is 12.5 Å². The summed E-state index contributed by atoms with van der Waals surface area (Å²) in [4.78, 5) is 1.39. The first kappa shape index (κ1) is 13.6. The molecular weight excluding hydrogens is 242 g/mol. The van der Waals surface area contributed by atoms with Gasteiger partial charge in [0.1, 0.15) is 5.75 Å². The van der Waals surface area contributed by atoms with E-state index in [4.69, 9.17) is 4.74 Å². The summed E-state index contributed by atoms with van der Waals surface area (Å²) in [6, 6.07) is 4.90. The van der Waals surface area contributed by atoms with Crippen molar-refractivity contribution in [1.82, 2.24) is 4.31 Å². The minimum atomic E-state index is -0.0445. The third-order valence-electron chi connectivity index (χ3n) is 3.68. The quantitative estimate of drug-likeness (QED) is 0.771. The summed E-state index contributed by atoms with van der Waals surface area (Å²) in [5, 5.41) is 0. The molecule has 1 saturated heterocycles. The Hall–Kier alpha value is -0.800. The minimum Gasteiger partial charge on any atom is -0.497 e. The van der Waals surface area contributed by atoms with E-state index in [9.17, 15) is 0 Å². The van der Waals surface area contributed by atoms with Crippen LogP contribution in [-0.2, 0) is 0 Å². The molecule has 1 fully saturated rings. The molecule has 0 aromatic heterocycles. The Labute approximate surface area is 113 Å². The largest absolute Gasteiger partial charge is 0.497 e. The van der Waals surface area contributed by atoms with Crippen LogP contribution in [0.5, 0.6) is 5.75 Å². The van der Waals surface area contributed by atoms with Crippen molar-refractivity contribution in [2.45, 2.75) is 44.6 Å². The standard InChI is InChI=1S/C15H23NOS/c1-11-9-14(17-4)10-12(2)15(11)18(5)16-8-6-7-13(16)3/h9-10,13H,5-8H2,1-4H3/t13-,18?/m1/s1. The molecule has 3 heteroatoms. The van der Waals surface area contributed by atoms with Crippen molar-refractivity contribution in [2.75, 3.05) is 13.7 Å². The van der Waals surface area contributed by atoms with Gasteiger partial charge in [-0.15, -0.1) is 0 Å². The summed E-state index contributed by atoms with van der Waals surface area (Å²) in [7, 11) is 1.68. The van der Waals surface area contributed by atoms with Gasteiger partial charge in [0.2, 0.25) is 0 Å². The lowest BCUT2D eigenvalue weighted by atomic mass is 10.1. The first-order valence-electron chi connectivity index (χ1n) is 6.50. The lowest BCUT2D eigenvalue weighted by molar-refractivity contribution is 0.413. The highest BCUT2D eigenvalue weighted by molar-refractivity contribution is 8.12. The molecule has 1 aromatic rings. The first-order chi connectivity index (χ1) is 8.54. The molecule has 0 N–H and O–H groups in total.